The van der Waals surface area contributed by atoms with Crippen LogP contribution >= 0.6 is 0 Å². The molecule has 0 radical (unpaired) electrons. The zero-order valence-corrected chi connectivity index (χ0v) is 22.5. The summed E-state index contributed by atoms with van der Waals surface area (Å²) in [7, 11) is 0. The summed E-state index contributed by atoms with van der Waals surface area (Å²) in [6.45, 7) is 11.4. The van der Waals surface area contributed by atoms with Gasteiger partial charge in [-0.1, -0.05) is 20.8 Å². The van der Waals surface area contributed by atoms with Crippen LogP contribution in [0.15, 0.2) is 11.6 Å². The van der Waals surface area contributed by atoms with E-state index in [4.69, 9.17) is 4.74 Å². The summed E-state index contributed by atoms with van der Waals surface area (Å²) in [6, 6.07) is 0. The summed E-state index contributed by atoms with van der Waals surface area (Å²) in [5.74, 6) is -0.119. The Morgan fingerprint density at radius 1 is 1.17 bits per heavy atom. The Morgan fingerprint density at radius 2 is 1.86 bits per heavy atom. The molecule has 0 amide bonds. The quantitative estimate of drug-likeness (QED) is 0.479. The van der Waals surface area contributed by atoms with Gasteiger partial charge in [0, 0.05) is 18.3 Å². The van der Waals surface area contributed by atoms with Crippen molar-refractivity contribution >= 4 is 11.8 Å². The van der Waals surface area contributed by atoms with E-state index in [2.05, 4.69) is 20.8 Å². The van der Waals surface area contributed by atoms with E-state index in [0.717, 1.165) is 37.7 Å². The number of hydrogen-bond donors (Lipinski definition) is 3. The van der Waals surface area contributed by atoms with E-state index in [1.54, 1.807) is 19.9 Å². The molecule has 3 N–H and O–H groups in total. The van der Waals surface area contributed by atoms with Crippen LogP contribution in [0.25, 0.3) is 0 Å². The highest BCUT2D eigenvalue weighted by molar-refractivity contribution is 5.95. The number of carbonyl (C=O) groups excluding carboxylic acids is 2. The molecule has 0 heterocycles. The summed E-state index contributed by atoms with van der Waals surface area (Å²) in [4.78, 5) is 25.0. The first-order valence-electron chi connectivity index (χ1n) is 13.7. The molecule has 6 heteroatoms. The molecule has 4 aliphatic carbocycles. The lowest BCUT2D eigenvalue weighted by atomic mass is 9.46. The van der Waals surface area contributed by atoms with Crippen molar-refractivity contribution in [3.63, 3.8) is 0 Å². The van der Waals surface area contributed by atoms with E-state index in [1.807, 2.05) is 0 Å². The highest BCUT2D eigenvalue weighted by Crippen LogP contribution is 2.68. The summed E-state index contributed by atoms with van der Waals surface area (Å²) >= 11 is 0. The second-order valence-corrected chi connectivity index (χ2v) is 13.4. The van der Waals surface area contributed by atoms with Crippen molar-refractivity contribution in [2.75, 3.05) is 0 Å². The van der Waals surface area contributed by atoms with Gasteiger partial charge in [0.05, 0.1) is 17.3 Å². The zero-order valence-electron chi connectivity index (χ0n) is 22.5. The van der Waals surface area contributed by atoms with Crippen molar-refractivity contribution in [2.24, 2.45) is 34.5 Å². The minimum Gasteiger partial charge on any atom is -0.463 e. The van der Waals surface area contributed by atoms with Crippen LogP contribution in [-0.2, 0) is 14.3 Å². The summed E-state index contributed by atoms with van der Waals surface area (Å²) < 4.78 is 5.48. The number of ketones is 1. The van der Waals surface area contributed by atoms with Crippen LogP contribution in [0, 0.1) is 34.5 Å². The normalized spacial score (nSPS) is 42.9. The predicted molar refractivity (Wildman–Crippen MR) is 133 cm³/mol. The Labute approximate surface area is 210 Å². The van der Waals surface area contributed by atoms with Crippen molar-refractivity contribution in [2.45, 2.75) is 123 Å². The van der Waals surface area contributed by atoms with Crippen molar-refractivity contribution < 1.29 is 29.6 Å². The summed E-state index contributed by atoms with van der Waals surface area (Å²) in [6.07, 6.45) is 7.43. The second-order valence-electron chi connectivity index (χ2n) is 13.4. The van der Waals surface area contributed by atoms with Crippen molar-refractivity contribution in [1.29, 1.82) is 0 Å². The second kappa shape index (κ2) is 8.95. The van der Waals surface area contributed by atoms with Crippen molar-refractivity contribution in [3.05, 3.63) is 11.6 Å². The van der Waals surface area contributed by atoms with Gasteiger partial charge in [-0.3, -0.25) is 9.59 Å². The smallest absolute Gasteiger partial charge is 0.302 e. The lowest BCUT2D eigenvalue weighted by molar-refractivity contribution is -0.158. The number of aliphatic hydroxyl groups is 3. The van der Waals surface area contributed by atoms with Crippen LogP contribution in [0.1, 0.15) is 99.3 Å². The molecule has 0 aromatic carbocycles. The summed E-state index contributed by atoms with van der Waals surface area (Å²) in [5, 5.41) is 33.4. The standard InChI is InChI=1S/C29H46O6/c1-17(24(31)10-11-26(3,4)33)20-9-14-29(34)22-16-25(32)23-15-19(35-18(2)30)7-12-27(23,5)21(22)8-13-28(20,29)6/h16-17,19-21,23-24,31,33-34H,7-15H2,1-6H3/t17-,19+,20-,21+,23+,24-,27-,28-,29+/m1/s1. The lowest BCUT2D eigenvalue weighted by Crippen LogP contribution is -2.59. The van der Waals surface area contributed by atoms with E-state index in [-0.39, 0.29) is 46.9 Å². The van der Waals surface area contributed by atoms with Gasteiger partial charge in [-0.25, -0.2) is 0 Å². The number of rotatable bonds is 6. The topological polar surface area (TPSA) is 104 Å². The molecule has 0 unspecified atom stereocenters. The van der Waals surface area contributed by atoms with E-state index in [9.17, 15) is 24.9 Å². The third kappa shape index (κ3) is 4.42. The fourth-order valence-corrected chi connectivity index (χ4v) is 8.56. The highest BCUT2D eigenvalue weighted by atomic mass is 16.5. The van der Waals surface area contributed by atoms with Gasteiger partial charge >= 0.3 is 5.97 Å². The molecule has 4 rings (SSSR count). The van der Waals surface area contributed by atoms with E-state index in [0.29, 0.717) is 25.7 Å². The molecule has 35 heavy (non-hydrogen) atoms. The van der Waals surface area contributed by atoms with E-state index in [1.165, 1.54) is 6.92 Å². The van der Waals surface area contributed by atoms with Gasteiger partial charge in [-0.15, -0.1) is 0 Å². The molecule has 0 spiro atoms. The zero-order chi connectivity index (χ0) is 26.0. The van der Waals surface area contributed by atoms with Crippen LogP contribution in [0.4, 0.5) is 0 Å². The monoisotopic (exact) mass is 490 g/mol. The highest BCUT2D eigenvalue weighted by Gasteiger charge is 2.66. The molecule has 198 valence electrons. The molecule has 0 saturated heterocycles. The van der Waals surface area contributed by atoms with Gasteiger partial charge in [-0.05, 0) is 106 Å². The molecule has 0 aliphatic heterocycles. The molecule has 0 aromatic rings. The number of esters is 1. The fraction of sp³-hybridized carbons (Fsp3) is 0.862. The molecular weight excluding hydrogens is 444 g/mol. The Kier molecular flexibility index (Phi) is 6.86. The Balaban J connectivity index is 1.59. The predicted octanol–water partition coefficient (Wildman–Crippen LogP) is 4.34. The number of hydrogen-bond acceptors (Lipinski definition) is 6. The van der Waals surface area contributed by atoms with Crippen molar-refractivity contribution in [3.8, 4) is 0 Å². The fourth-order valence-electron chi connectivity index (χ4n) is 8.56. The van der Waals surface area contributed by atoms with Crippen LogP contribution in [0.5, 0.6) is 0 Å². The van der Waals surface area contributed by atoms with Crippen molar-refractivity contribution in [1.82, 2.24) is 0 Å². The van der Waals surface area contributed by atoms with E-state index < -0.39 is 22.7 Å². The van der Waals surface area contributed by atoms with Crippen LogP contribution in [0.3, 0.4) is 0 Å². The van der Waals surface area contributed by atoms with Crippen LogP contribution in [-0.4, -0.2) is 50.5 Å². The average molecular weight is 491 g/mol. The first kappa shape index (κ1) is 26.8. The van der Waals surface area contributed by atoms with E-state index >= 15 is 0 Å². The maximum absolute atomic E-state index is 13.5. The SMILES string of the molecule is CC(=O)O[C@H]1CC[C@@]2(C)[C@@H](C1)C(=O)C=C1[C@@H]2CC[C@]2(C)[C@@H]([C@@H](C)[C@H](O)CCC(C)(C)O)CC[C@]12O. The Hall–Kier alpha value is -1.24. The number of allylic oxidation sites excluding steroid dienone is 1. The molecule has 9 atom stereocenters. The van der Waals surface area contributed by atoms with Gasteiger partial charge in [0.25, 0.3) is 0 Å². The third-order valence-electron chi connectivity index (χ3n) is 10.7. The largest absolute Gasteiger partial charge is 0.463 e. The Morgan fingerprint density at radius 3 is 2.49 bits per heavy atom. The summed E-state index contributed by atoms with van der Waals surface area (Å²) in [5.41, 5.74) is -1.57. The minimum atomic E-state index is -1.04. The number of aliphatic hydroxyl groups excluding tert-OH is 1. The van der Waals surface area contributed by atoms with Crippen LogP contribution < -0.4 is 0 Å². The number of fused-ring (bicyclic) bond motifs is 5. The third-order valence-corrected chi connectivity index (χ3v) is 10.7. The lowest BCUT2D eigenvalue weighted by Gasteiger charge is -2.60. The molecule has 0 bridgehead atoms. The average Bonchev–Trinajstić information content (AvgIpc) is 3.03. The number of carbonyl (C=O) groups is 2. The van der Waals surface area contributed by atoms with Crippen LogP contribution in [0.2, 0.25) is 0 Å². The van der Waals surface area contributed by atoms with Gasteiger partial charge in [-0.2, -0.15) is 0 Å². The maximum Gasteiger partial charge on any atom is 0.302 e. The molecular formula is C29H46O6. The van der Waals surface area contributed by atoms with Gasteiger partial charge in [0.1, 0.15) is 6.10 Å². The molecule has 0 aromatic heterocycles. The molecule has 6 nitrogen and oxygen atoms in total. The van der Waals surface area contributed by atoms with Gasteiger partial charge < -0.3 is 20.1 Å². The van der Waals surface area contributed by atoms with Gasteiger partial charge in [0.2, 0.25) is 0 Å². The first-order valence-corrected chi connectivity index (χ1v) is 13.7. The maximum atomic E-state index is 13.5. The minimum absolute atomic E-state index is 0.00433. The molecule has 3 saturated carbocycles. The Bertz CT molecular complexity index is 888. The molecule has 3 fully saturated rings. The first-order chi connectivity index (χ1) is 16.1. The molecule has 4 aliphatic rings. The number of ether oxygens (including phenoxy) is 1. The van der Waals surface area contributed by atoms with Gasteiger partial charge in [0.15, 0.2) is 5.78 Å².